The van der Waals surface area contributed by atoms with E-state index in [0.717, 1.165) is 6.07 Å². The van der Waals surface area contributed by atoms with Gasteiger partial charge in [0.15, 0.2) is 0 Å². The van der Waals surface area contributed by atoms with Gasteiger partial charge in [0.1, 0.15) is 5.82 Å². The van der Waals surface area contributed by atoms with Crippen molar-refractivity contribution in [2.24, 2.45) is 0 Å². The predicted molar refractivity (Wildman–Crippen MR) is 82.6 cm³/mol. The van der Waals surface area contributed by atoms with Crippen LogP contribution in [0.5, 0.6) is 0 Å². The van der Waals surface area contributed by atoms with Gasteiger partial charge in [0.2, 0.25) is 5.91 Å². The number of benzene rings is 1. The second-order valence-electron chi connectivity index (χ2n) is 4.62. The molecule has 1 rings (SSSR count). The lowest BCUT2D eigenvalue weighted by Gasteiger charge is -2.11. The number of nitrogens with one attached hydrogen (secondary N) is 3. The molecule has 0 aromatic heterocycles. The highest BCUT2D eigenvalue weighted by molar-refractivity contribution is 9.10. The van der Waals surface area contributed by atoms with E-state index in [-0.39, 0.29) is 30.5 Å². The second kappa shape index (κ2) is 8.74. The maximum Gasteiger partial charge on any atom is 0.252 e. The van der Waals surface area contributed by atoms with Crippen LogP contribution in [0.3, 0.4) is 0 Å². The first-order chi connectivity index (χ1) is 9.93. The molecule has 1 atom stereocenters. The summed E-state index contributed by atoms with van der Waals surface area (Å²) >= 11 is 3.19. The van der Waals surface area contributed by atoms with E-state index in [4.69, 9.17) is 0 Å². The summed E-state index contributed by atoms with van der Waals surface area (Å²) in [7, 11) is 1.81. The molecule has 2 amide bonds. The molecule has 0 aliphatic heterocycles. The predicted octanol–water partition coefficient (Wildman–Crippen LogP) is 1.43. The van der Waals surface area contributed by atoms with Crippen molar-refractivity contribution >= 4 is 27.7 Å². The van der Waals surface area contributed by atoms with Gasteiger partial charge in [-0.3, -0.25) is 9.59 Å². The highest BCUT2D eigenvalue weighted by Crippen LogP contribution is 2.17. The zero-order valence-corrected chi connectivity index (χ0v) is 13.6. The second-order valence-corrected chi connectivity index (χ2v) is 5.48. The Balaban J connectivity index is 2.37. The van der Waals surface area contributed by atoms with Crippen LogP contribution in [-0.4, -0.2) is 38.0 Å². The summed E-state index contributed by atoms with van der Waals surface area (Å²) in [6.07, 6.45) is 0.176. The Morgan fingerprint density at radius 2 is 2.05 bits per heavy atom. The van der Waals surface area contributed by atoms with E-state index in [2.05, 4.69) is 31.9 Å². The van der Waals surface area contributed by atoms with E-state index in [1.165, 1.54) is 12.1 Å². The van der Waals surface area contributed by atoms with E-state index in [1.54, 1.807) is 0 Å². The molecule has 0 saturated heterocycles. The summed E-state index contributed by atoms with van der Waals surface area (Å²) in [5.74, 6) is -1.05. The molecule has 1 aromatic carbocycles. The molecule has 0 radical (unpaired) electrons. The molecule has 21 heavy (non-hydrogen) atoms. The van der Waals surface area contributed by atoms with Gasteiger partial charge in [-0.15, -0.1) is 0 Å². The third kappa shape index (κ3) is 6.22. The fourth-order valence-corrected chi connectivity index (χ4v) is 1.94. The van der Waals surface area contributed by atoms with Gasteiger partial charge in [0.05, 0.1) is 5.56 Å². The number of likely N-dealkylation sites (N-methyl/N-ethyl adjacent to an activating group) is 1. The van der Waals surface area contributed by atoms with Crippen molar-refractivity contribution < 1.29 is 14.0 Å². The number of amides is 2. The van der Waals surface area contributed by atoms with Gasteiger partial charge < -0.3 is 16.0 Å². The monoisotopic (exact) mass is 359 g/mol. The number of rotatable bonds is 7. The number of hydrogen-bond donors (Lipinski definition) is 3. The SMILES string of the molecule is CNC(C)CNC(=O)CCNC(=O)c1cc(F)ccc1Br. The molecule has 3 N–H and O–H groups in total. The minimum Gasteiger partial charge on any atom is -0.354 e. The maximum absolute atomic E-state index is 13.1. The van der Waals surface area contributed by atoms with Gasteiger partial charge in [0, 0.05) is 30.0 Å². The van der Waals surface area contributed by atoms with Crippen LogP contribution in [0.4, 0.5) is 4.39 Å². The largest absolute Gasteiger partial charge is 0.354 e. The Morgan fingerprint density at radius 1 is 1.33 bits per heavy atom. The van der Waals surface area contributed by atoms with Gasteiger partial charge in [-0.25, -0.2) is 4.39 Å². The smallest absolute Gasteiger partial charge is 0.252 e. The van der Waals surface area contributed by atoms with Crippen LogP contribution in [0.15, 0.2) is 22.7 Å². The first-order valence-electron chi connectivity index (χ1n) is 6.61. The summed E-state index contributed by atoms with van der Waals surface area (Å²) in [5, 5.41) is 8.34. The topological polar surface area (TPSA) is 70.2 Å². The molecule has 116 valence electrons. The zero-order valence-electron chi connectivity index (χ0n) is 12.0. The first kappa shape index (κ1) is 17.6. The van der Waals surface area contributed by atoms with Crippen LogP contribution in [0.25, 0.3) is 0 Å². The number of halogens is 2. The summed E-state index contributed by atoms with van der Waals surface area (Å²) in [5.41, 5.74) is 0.208. The summed E-state index contributed by atoms with van der Waals surface area (Å²) < 4.78 is 13.6. The first-order valence-corrected chi connectivity index (χ1v) is 7.40. The van der Waals surface area contributed by atoms with Crippen molar-refractivity contribution in [3.63, 3.8) is 0 Å². The molecule has 0 fully saturated rings. The van der Waals surface area contributed by atoms with Crippen LogP contribution in [0.1, 0.15) is 23.7 Å². The van der Waals surface area contributed by atoms with Crippen molar-refractivity contribution in [2.75, 3.05) is 20.1 Å². The molecule has 0 spiro atoms. The Morgan fingerprint density at radius 3 is 2.71 bits per heavy atom. The van der Waals surface area contributed by atoms with Crippen LogP contribution in [0, 0.1) is 5.82 Å². The molecule has 5 nitrogen and oxygen atoms in total. The van der Waals surface area contributed by atoms with Gasteiger partial charge in [-0.1, -0.05) is 0 Å². The van der Waals surface area contributed by atoms with Gasteiger partial charge in [-0.2, -0.15) is 0 Å². The van der Waals surface area contributed by atoms with Crippen LogP contribution in [-0.2, 0) is 4.79 Å². The standard InChI is InChI=1S/C14H19BrFN3O2/c1-9(17-2)8-19-13(20)5-6-18-14(21)11-7-10(16)3-4-12(11)15/h3-4,7,9,17H,5-6,8H2,1-2H3,(H,18,21)(H,19,20). The molecule has 1 aromatic rings. The van der Waals surface area contributed by atoms with Crippen LogP contribution >= 0.6 is 15.9 Å². The zero-order chi connectivity index (χ0) is 15.8. The van der Waals surface area contributed by atoms with Crippen LogP contribution < -0.4 is 16.0 Å². The van der Waals surface area contributed by atoms with Crippen LogP contribution in [0.2, 0.25) is 0 Å². The molecule has 0 heterocycles. The normalized spacial score (nSPS) is 11.8. The van der Waals surface area contributed by atoms with E-state index in [1.807, 2.05) is 14.0 Å². The Kier molecular flexibility index (Phi) is 7.31. The molecular formula is C14H19BrFN3O2. The minimum absolute atomic E-state index is 0.143. The Bertz CT molecular complexity index is 511. The quantitative estimate of drug-likeness (QED) is 0.689. The number of carbonyl (C=O) groups excluding carboxylic acids is 2. The fourth-order valence-electron chi connectivity index (χ4n) is 1.51. The molecular weight excluding hydrogens is 341 g/mol. The van der Waals surface area contributed by atoms with E-state index in [9.17, 15) is 14.0 Å². The number of hydrogen-bond acceptors (Lipinski definition) is 3. The van der Waals surface area contributed by atoms with Crippen molar-refractivity contribution in [2.45, 2.75) is 19.4 Å². The molecule has 0 saturated carbocycles. The lowest BCUT2D eigenvalue weighted by molar-refractivity contribution is -0.121. The third-order valence-corrected chi connectivity index (χ3v) is 3.60. The Hall–Kier alpha value is -1.47. The summed E-state index contributed by atoms with van der Waals surface area (Å²) in [4.78, 5) is 23.4. The molecule has 1 unspecified atom stereocenters. The maximum atomic E-state index is 13.1. The van der Waals surface area contributed by atoms with Crippen molar-refractivity contribution in [3.05, 3.63) is 34.1 Å². The molecule has 0 aliphatic carbocycles. The lowest BCUT2D eigenvalue weighted by atomic mass is 10.2. The van der Waals surface area contributed by atoms with E-state index in [0.29, 0.717) is 11.0 Å². The molecule has 0 bridgehead atoms. The molecule has 0 aliphatic rings. The molecule has 7 heteroatoms. The average Bonchev–Trinajstić information content (AvgIpc) is 2.47. The highest BCUT2D eigenvalue weighted by Gasteiger charge is 2.11. The lowest BCUT2D eigenvalue weighted by Crippen LogP contribution is -2.38. The summed E-state index contributed by atoms with van der Waals surface area (Å²) in [6.45, 7) is 2.67. The summed E-state index contributed by atoms with van der Waals surface area (Å²) in [6, 6.07) is 4.06. The number of carbonyl (C=O) groups is 2. The average molecular weight is 360 g/mol. The van der Waals surface area contributed by atoms with E-state index < -0.39 is 11.7 Å². The van der Waals surface area contributed by atoms with Gasteiger partial charge >= 0.3 is 0 Å². The highest BCUT2D eigenvalue weighted by atomic mass is 79.9. The fraction of sp³-hybridized carbons (Fsp3) is 0.429. The van der Waals surface area contributed by atoms with Gasteiger partial charge in [0.25, 0.3) is 5.91 Å². The van der Waals surface area contributed by atoms with Crippen molar-refractivity contribution in [1.82, 2.24) is 16.0 Å². The van der Waals surface area contributed by atoms with Crippen molar-refractivity contribution in [1.29, 1.82) is 0 Å². The van der Waals surface area contributed by atoms with Crippen molar-refractivity contribution in [3.8, 4) is 0 Å². The third-order valence-electron chi connectivity index (χ3n) is 2.91. The van der Waals surface area contributed by atoms with E-state index >= 15 is 0 Å². The Labute approximate surface area is 131 Å². The van der Waals surface area contributed by atoms with Gasteiger partial charge in [-0.05, 0) is 48.1 Å². The minimum atomic E-state index is -0.484.